The Bertz CT molecular complexity index is 558. The molecule has 0 aliphatic carbocycles. The van der Waals surface area contributed by atoms with Crippen LogP contribution in [-0.4, -0.2) is 34.6 Å². The van der Waals surface area contributed by atoms with Gasteiger partial charge in [0.05, 0.1) is 4.92 Å². The van der Waals surface area contributed by atoms with E-state index in [0.717, 1.165) is 12.5 Å². The summed E-state index contributed by atoms with van der Waals surface area (Å²) in [5, 5.41) is 22.5. The van der Waals surface area contributed by atoms with Crippen molar-refractivity contribution in [2.24, 2.45) is 0 Å². The average molecular weight is 296 g/mol. The van der Waals surface area contributed by atoms with Crippen LogP contribution in [0.4, 0.5) is 5.69 Å². The second kappa shape index (κ2) is 7.22. The zero-order valence-corrected chi connectivity index (χ0v) is 11.7. The molecule has 1 unspecified atom stereocenters. The van der Waals surface area contributed by atoms with Crippen molar-refractivity contribution in [1.29, 1.82) is 0 Å². The number of hydrogen-bond acceptors (Lipinski definition) is 5. The molecule has 0 aliphatic rings. The molecule has 0 fully saturated rings. The first kappa shape index (κ1) is 16.4. The van der Waals surface area contributed by atoms with E-state index < -0.39 is 34.2 Å². The van der Waals surface area contributed by atoms with Gasteiger partial charge >= 0.3 is 5.97 Å². The number of nitro groups is 1. The molecule has 1 rings (SSSR count). The lowest BCUT2D eigenvalue weighted by molar-refractivity contribution is -0.385. The molecule has 0 aromatic heterocycles. The first-order valence-electron chi connectivity index (χ1n) is 6.33. The minimum Gasteiger partial charge on any atom is -0.480 e. The van der Waals surface area contributed by atoms with Crippen LogP contribution >= 0.6 is 0 Å². The van der Waals surface area contributed by atoms with Gasteiger partial charge in [0.25, 0.3) is 11.6 Å². The molecule has 8 heteroatoms. The molecule has 0 heterocycles. The zero-order valence-electron chi connectivity index (χ0n) is 11.7. The van der Waals surface area contributed by atoms with Gasteiger partial charge in [-0.3, -0.25) is 14.9 Å². The molecule has 1 amide bonds. The summed E-state index contributed by atoms with van der Waals surface area (Å²) < 4.78 is 5.26. The van der Waals surface area contributed by atoms with Gasteiger partial charge in [0, 0.05) is 12.6 Å². The molecule has 1 atom stereocenters. The molecular weight excluding hydrogens is 280 g/mol. The molecule has 1 aromatic rings. The Balaban J connectivity index is 3.03. The third-order valence-electron chi connectivity index (χ3n) is 2.64. The first-order valence-corrected chi connectivity index (χ1v) is 6.33. The van der Waals surface area contributed by atoms with Gasteiger partial charge in [-0.15, -0.1) is 0 Å². The molecule has 0 bridgehead atoms. The molecule has 114 valence electrons. The number of nitrogens with zero attached hydrogens (tertiary/aromatic N) is 1. The Labute approximate surface area is 120 Å². The highest BCUT2D eigenvalue weighted by molar-refractivity contribution is 5.95. The maximum Gasteiger partial charge on any atom is 0.346 e. The Hall–Kier alpha value is -2.64. The quantitative estimate of drug-likeness (QED) is 0.582. The van der Waals surface area contributed by atoms with E-state index in [0.29, 0.717) is 6.54 Å². The van der Waals surface area contributed by atoms with Gasteiger partial charge in [-0.05, 0) is 19.4 Å². The predicted molar refractivity (Wildman–Crippen MR) is 73.4 cm³/mol. The number of benzene rings is 1. The van der Waals surface area contributed by atoms with Crippen molar-refractivity contribution in [3.63, 3.8) is 0 Å². The summed E-state index contributed by atoms with van der Waals surface area (Å²) in [5.74, 6) is -2.12. The fraction of sp³-hybridized carbons (Fsp3) is 0.385. The average Bonchev–Trinajstić information content (AvgIpc) is 2.43. The topological polar surface area (TPSA) is 119 Å². The first-order chi connectivity index (χ1) is 9.88. The Morgan fingerprint density at radius 1 is 1.48 bits per heavy atom. The highest BCUT2D eigenvalue weighted by Crippen LogP contribution is 2.29. The van der Waals surface area contributed by atoms with Crippen LogP contribution in [0, 0.1) is 10.1 Å². The van der Waals surface area contributed by atoms with Crippen LogP contribution in [0.1, 0.15) is 30.6 Å². The molecule has 1 aromatic carbocycles. The Morgan fingerprint density at radius 2 is 2.14 bits per heavy atom. The lowest BCUT2D eigenvalue weighted by atomic mass is 10.1. The lowest BCUT2D eigenvalue weighted by Crippen LogP contribution is -2.36. The minimum absolute atomic E-state index is 0.212. The van der Waals surface area contributed by atoms with E-state index in [4.69, 9.17) is 9.84 Å². The summed E-state index contributed by atoms with van der Waals surface area (Å²) in [7, 11) is 0. The number of amides is 1. The van der Waals surface area contributed by atoms with Crippen molar-refractivity contribution in [3.05, 3.63) is 33.9 Å². The van der Waals surface area contributed by atoms with E-state index >= 15 is 0 Å². The van der Waals surface area contributed by atoms with Crippen molar-refractivity contribution in [1.82, 2.24) is 5.32 Å². The van der Waals surface area contributed by atoms with E-state index in [1.165, 1.54) is 19.1 Å². The van der Waals surface area contributed by atoms with Crippen LogP contribution in [0.5, 0.6) is 5.75 Å². The van der Waals surface area contributed by atoms with Crippen molar-refractivity contribution < 1.29 is 24.4 Å². The van der Waals surface area contributed by atoms with Crippen LogP contribution in [0.2, 0.25) is 0 Å². The normalized spacial score (nSPS) is 11.5. The molecule has 0 aliphatic heterocycles. The minimum atomic E-state index is -1.49. The Kier molecular flexibility index (Phi) is 5.65. The van der Waals surface area contributed by atoms with Crippen LogP contribution < -0.4 is 10.1 Å². The molecule has 0 radical (unpaired) electrons. The number of carboxylic acids is 1. The molecular formula is C13H16N2O6. The number of hydrogen-bond donors (Lipinski definition) is 2. The smallest absolute Gasteiger partial charge is 0.346 e. The van der Waals surface area contributed by atoms with Crippen LogP contribution in [0.15, 0.2) is 18.2 Å². The van der Waals surface area contributed by atoms with E-state index in [9.17, 15) is 19.7 Å². The molecule has 8 nitrogen and oxygen atoms in total. The van der Waals surface area contributed by atoms with Gasteiger partial charge in [0.1, 0.15) is 5.75 Å². The predicted octanol–water partition coefficient (Wildman–Crippen LogP) is 1.59. The largest absolute Gasteiger partial charge is 0.480 e. The van der Waals surface area contributed by atoms with Gasteiger partial charge in [-0.25, -0.2) is 4.79 Å². The maximum atomic E-state index is 11.7. The van der Waals surface area contributed by atoms with E-state index in [1.807, 2.05) is 6.92 Å². The summed E-state index contributed by atoms with van der Waals surface area (Å²) in [6, 6.07) is 3.65. The van der Waals surface area contributed by atoms with Gasteiger partial charge < -0.3 is 15.2 Å². The third kappa shape index (κ3) is 4.16. The second-order valence-electron chi connectivity index (χ2n) is 4.26. The van der Waals surface area contributed by atoms with Crippen molar-refractivity contribution in [2.75, 3.05) is 6.54 Å². The fourth-order valence-corrected chi connectivity index (χ4v) is 1.62. The number of aromatic carboxylic acids is 1. The molecule has 0 saturated heterocycles. The third-order valence-corrected chi connectivity index (χ3v) is 2.64. The van der Waals surface area contributed by atoms with Crippen molar-refractivity contribution >= 4 is 17.6 Å². The Morgan fingerprint density at radius 3 is 2.67 bits per heavy atom. The molecule has 21 heavy (non-hydrogen) atoms. The summed E-state index contributed by atoms with van der Waals surface area (Å²) in [6.45, 7) is 3.79. The summed E-state index contributed by atoms with van der Waals surface area (Å²) in [4.78, 5) is 32.9. The van der Waals surface area contributed by atoms with Crippen LogP contribution in [0.3, 0.4) is 0 Å². The monoisotopic (exact) mass is 296 g/mol. The second-order valence-corrected chi connectivity index (χ2v) is 4.26. The number of carboxylic acid groups (broad SMARTS) is 1. The molecule has 2 N–H and O–H groups in total. The van der Waals surface area contributed by atoms with Crippen molar-refractivity contribution in [2.45, 2.75) is 26.4 Å². The van der Waals surface area contributed by atoms with E-state index in [2.05, 4.69) is 5.32 Å². The fourth-order valence-electron chi connectivity index (χ4n) is 1.62. The van der Waals surface area contributed by atoms with E-state index in [1.54, 1.807) is 0 Å². The van der Waals surface area contributed by atoms with Gasteiger partial charge in [-0.2, -0.15) is 0 Å². The maximum absolute atomic E-state index is 11.7. The molecule has 0 spiro atoms. The number of rotatable bonds is 7. The van der Waals surface area contributed by atoms with Gasteiger partial charge in [0.2, 0.25) is 0 Å². The number of nitro benzene ring substituents is 1. The van der Waals surface area contributed by atoms with Gasteiger partial charge in [-0.1, -0.05) is 13.0 Å². The molecule has 0 saturated carbocycles. The standard InChI is InChI=1S/C13H16N2O6/c1-3-7-14-12(16)8(2)21-10-6-4-5-9(15(19)20)11(10)13(17)18/h4-6,8H,3,7H2,1-2H3,(H,14,16)(H,17,18). The van der Waals surface area contributed by atoms with Crippen LogP contribution in [-0.2, 0) is 4.79 Å². The zero-order chi connectivity index (χ0) is 16.0. The number of nitrogens with one attached hydrogen (secondary N) is 1. The summed E-state index contributed by atoms with van der Waals surface area (Å²) >= 11 is 0. The van der Waals surface area contributed by atoms with Crippen LogP contribution in [0.25, 0.3) is 0 Å². The number of ether oxygens (including phenoxy) is 1. The number of carbonyl (C=O) groups excluding carboxylic acids is 1. The van der Waals surface area contributed by atoms with Gasteiger partial charge in [0.15, 0.2) is 11.7 Å². The summed E-state index contributed by atoms with van der Waals surface area (Å²) in [5.41, 5.74) is -1.15. The number of carbonyl (C=O) groups is 2. The van der Waals surface area contributed by atoms with Crippen molar-refractivity contribution in [3.8, 4) is 5.75 Å². The lowest BCUT2D eigenvalue weighted by Gasteiger charge is -2.15. The SMILES string of the molecule is CCCNC(=O)C(C)Oc1cccc([N+](=O)[O-])c1C(=O)O. The summed E-state index contributed by atoms with van der Waals surface area (Å²) in [6.07, 6.45) is -0.216. The highest BCUT2D eigenvalue weighted by Gasteiger charge is 2.26. The van der Waals surface area contributed by atoms with E-state index in [-0.39, 0.29) is 5.75 Å². The highest BCUT2D eigenvalue weighted by atomic mass is 16.6.